The predicted octanol–water partition coefficient (Wildman–Crippen LogP) is 0.778. The first-order chi connectivity index (χ1) is 8.49. The van der Waals surface area contributed by atoms with Gasteiger partial charge >= 0.3 is 0 Å². The molecule has 94 valence electrons. The highest BCUT2D eigenvalue weighted by atomic mass is 127. The van der Waals surface area contributed by atoms with Crippen LogP contribution in [0.1, 0.15) is 16.8 Å². The maximum Gasteiger partial charge on any atom is 0.252 e. The lowest BCUT2D eigenvalue weighted by molar-refractivity contribution is -0.137. The number of halogens is 1. The van der Waals surface area contributed by atoms with E-state index in [0.29, 0.717) is 5.56 Å². The number of hydrogen-bond donors (Lipinski definition) is 1. The Hall–Kier alpha value is -1.44. The Morgan fingerprint density at radius 3 is 2.72 bits per heavy atom. The summed E-state index contributed by atoms with van der Waals surface area (Å²) < 4.78 is 0.936. The van der Waals surface area contributed by atoms with E-state index < -0.39 is 6.04 Å². The third-order valence-electron chi connectivity index (χ3n) is 2.77. The highest BCUT2D eigenvalue weighted by Crippen LogP contribution is 2.12. The number of rotatable bonds is 2. The fourth-order valence-electron chi connectivity index (χ4n) is 1.74. The summed E-state index contributed by atoms with van der Waals surface area (Å²) >= 11 is 2.10. The SMILES string of the molecule is CN1C(=O)CC(NC(=O)c2cccc(I)c2)C1=O. The average Bonchev–Trinajstić information content (AvgIpc) is 2.57. The van der Waals surface area contributed by atoms with E-state index in [0.717, 1.165) is 8.47 Å². The van der Waals surface area contributed by atoms with Crippen molar-refractivity contribution in [1.82, 2.24) is 10.2 Å². The summed E-state index contributed by atoms with van der Waals surface area (Å²) in [4.78, 5) is 35.9. The molecule has 6 heteroatoms. The smallest absolute Gasteiger partial charge is 0.252 e. The standard InChI is InChI=1S/C12H11IN2O3/c1-15-10(16)6-9(12(15)18)14-11(17)7-3-2-4-8(13)5-7/h2-5,9H,6H2,1H3,(H,14,17). The number of imide groups is 1. The third-order valence-corrected chi connectivity index (χ3v) is 3.44. The number of nitrogens with one attached hydrogen (secondary N) is 1. The summed E-state index contributed by atoms with van der Waals surface area (Å²) in [7, 11) is 1.42. The predicted molar refractivity (Wildman–Crippen MR) is 72.8 cm³/mol. The summed E-state index contributed by atoms with van der Waals surface area (Å²) in [6.07, 6.45) is 0.0327. The zero-order chi connectivity index (χ0) is 13.3. The molecule has 0 spiro atoms. The maximum atomic E-state index is 11.9. The molecule has 1 atom stereocenters. The molecule has 1 saturated heterocycles. The van der Waals surface area contributed by atoms with Crippen LogP contribution in [0, 0.1) is 3.57 Å². The van der Waals surface area contributed by atoms with Gasteiger partial charge in [0.2, 0.25) is 5.91 Å². The van der Waals surface area contributed by atoms with Crippen LogP contribution in [-0.2, 0) is 9.59 Å². The monoisotopic (exact) mass is 358 g/mol. The second-order valence-corrected chi connectivity index (χ2v) is 5.28. The first-order valence-electron chi connectivity index (χ1n) is 5.36. The van der Waals surface area contributed by atoms with Gasteiger partial charge in [-0.3, -0.25) is 19.3 Å². The zero-order valence-electron chi connectivity index (χ0n) is 9.64. The molecule has 0 radical (unpaired) electrons. The first-order valence-corrected chi connectivity index (χ1v) is 6.44. The van der Waals surface area contributed by atoms with Gasteiger partial charge in [-0.15, -0.1) is 0 Å². The van der Waals surface area contributed by atoms with E-state index in [1.807, 2.05) is 6.07 Å². The Bertz CT molecular complexity index is 530. The minimum Gasteiger partial charge on any atom is -0.340 e. The van der Waals surface area contributed by atoms with Crippen LogP contribution in [0.5, 0.6) is 0 Å². The second kappa shape index (κ2) is 5.05. The minimum absolute atomic E-state index is 0.0327. The van der Waals surface area contributed by atoms with Crippen molar-refractivity contribution in [3.63, 3.8) is 0 Å². The van der Waals surface area contributed by atoms with Crippen molar-refractivity contribution >= 4 is 40.3 Å². The molecule has 1 N–H and O–H groups in total. The highest BCUT2D eigenvalue weighted by Gasteiger charge is 2.36. The molecule has 1 fully saturated rings. The zero-order valence-corrected chi connectivity index (χ0v) is 11.8. The summed E-state index contributed by atoms with van der Waals surface area (Å²) in [5.41, 5.74) is 0.483. The van der Waals surface area contributed by atoms with E-state index in [-0.39, 0.29) is 24.1 Å². The van der Waals surface area contributed by atoms with Crippen molar-refractivity contribution in [2.75, 3.05) is 7.05 Å². The van der Waals surface area contributed by atoms with Gasteiger partial charge in [-0.1, -0.05) is 6.07 Å². The van der Waals surface area contributed by atoms with Crippen molar-refractivity contribution in [3.05, 3.63) is 33.4 Å². The van der Waals surface area contributed by atoms with E-state index in [1.165, 1.54) is 7.05 Å². The van der Waals surface area contributed by atoms with Gasteiger partial charge in [0, 0.05) is 16.2 Å². The lowest BCUT2D eigenvalue weighted by Gasteiger charge is -2.11. The van der Waals surface area contributed by atoms with E-state index in [2.05, 4.69) is 27.9 Å². The second-order valence-electron chi connectivity index (χ2n) is 4.03. The normalized spacial score (nSPS) is 19.2. The fraction of sp³-hybridized carbons (Fsp3) is 0.250. The summed E-state index contributed by atoms with van der Waals surface area (Å²) in [5, 5.41) is 2.58. The Morgan fingerprint density at radius 1 is 1.44 bits per heavy atom. The van der Waals surface area contributed by atoms with E-state index in [4.69, 9.17) is 0 Å². The van der Waals surface area contributed by atoms with Crippen LogP contribution in [0.3, 0.4) is 0 Å². The molecule has 0 aliphatic carbocycles. The van der Waals surface area contributed by atoms with Gasteiger partial charge < -0.3 is 5.32 Å². The number of benzene rings is 1. The summed E-state index contributed by atoms with van der Waals surface area (Å²) in [6.45, 7) is 0. The van der Waals surface area contributed by atoms with Gasteiger partial charge in [-0.25, -0.2) is 0 Å². The highest BCUT2D eigenvalue weighted by molar-refractivity contribution is 14.1. The van der Waals surface area contributed by atoms with Crippen molar-refractivity contribution in [3.8, 4) is 0 Å². The first kappa shape index (κ1) is 13.0. The number of carbonyl (C=O) groups excluding carboxylic acids is 3. The molecule has 1 aliphatic heterocycles. The van der Waals surface area contributed by atoms with Gasteiger partial charge in [-0.2, -0.15) is 0 Å². The van der Waals surface area contributed by atoms with Crippen LogP contribution in [0.15, 0.2) is 24.3 Å². The van der Waals surface area contributed by atoms with Gasteiger partial charge in [-0.05, 0) is 40.8 Å². The molecule has 0 aromatic heterocycles. The topological polar surface area (TPSA) is 66.5 Å². The van der Waals surface area contributed by atoms with Crippen molar-refractivity contribution in [2.24, 2.45) is 0 Å². The third kappa shape index (κ3) is 2.53. The number of carbonyl (C=O) groups is 3. The molecular formula is C12H11IN2O3. The largest absolute Gasteiger partial charge is 0.340 e. The van der Waals surface area contributed by atoms with Crippen LogP contribution < -0.4 is 5.32 Å². The molecule has 1 heterocycles. The molecule has 1 unspecified atom stereocenters. The number of nitrogens with zero attached hydrogens (tertiary/aromatic N) is 1. The Kier molecular flexibility index (Phi) is 3.65. The Labute approximate surface area is 118 Å². The molecule has 1 aliphatic rings. The quantitative estimate of drug-likeness (QED) is 0.628. The Balaban J connectivity index is 2.09. The average molecular weight is 358 g/mol. The van der Waals surface area contributed by atoms with Crippen LogP contribution in [-0.4, -0.2) is 35.7 Å². The Morgan fingerprint density at radius 2 is 2.17 bits per heavy atom. The molecule has 0 bridgehead atoms. The van der Waals surface area contributed by atoms with Crippen LogP contribution in [0.4, 0.5) is 0 Å². The summed E-state index contributed by atoms with van der Waals surface area (Å²) in [6, 6.07) is 6.29. The number of hydrogen-bond acceptors (Lipinski definition) is 3. The molecular weight excluding hydrogens is 347 g/mol. The van der Waals surface area contributed by atoms with E-state index >= 15 is 0 Å². The molecule has 2 rings (SSSR count). The van der Waals surface area contributed by atoms with Crippen molar-refractivity contribution in [2.45, 2.75) is 12.5 Å². The number of likely N-dealkylation sites (N-methyl/N-ethyl adjacent to an activating group) is 1. The maximum absolute atomic E-state index is 11.9. The number of likely N-dealkylation sites (tertiary alicyclic amines) is 1. The molecule has 18 heavy (non-hydrogen) atoms. The molecule has 1 aromatic carbocycles. The fourth-order valence-corrected chi connectivity index (χ4v) is 2.28. The summed E-state index contributed by atoms with van der Waals surface area (Å²) in [5.74, 6) is -0.970. The van der Waals surface area contributed by atoms with Crippen molar-refractivity contribution < 1.29 is 14.4 Å². The molecule has 0 saturated carbocycles. The van der Waals surface area contributed by atoms with Crippen LogP contribution in [0.2, 0.25) is 0 Å². The minimum atomic E-state index is -0.743. The van der Waals surface area contributed by atoms with Gasteiger partial charge in [0.05, 0.1) is 6.42 Å². The molecule has 1 aromatic rings. The van der Waals surface area contributed by atoms with E-state index in [1.54, 1.807) is 18.2 Å². The van der Waals surface area contributed by atoms with E-state index in [9.17, 15) is 14.4 Å². The lowest BCUT2D eigenvalue weighted by atomic mass is 10.2. The molecule has 5 nitrogen and oxygen atoms in total. The molecule has 3 amide bonds. The lowest BCUT2D eigenvalue weighted by Crippen LogP contribution is -2.40. The van der Waals surface area contributed by atoms with Crippen LogP contribution >= 0.6 is 22.6 Å². The van der Waals surface area contributed by atoms with Gasteiger partial charge in [0.25, 0.3) is 11.8 Å². The number of amides is 3. The van der Waals surface area contributed by atoms with Crippen LogP contribution in [0.25, 0.3) is 0 Å². The van der Waals surface area contributed by atoms with Gasteiger partial charge in [0.15, 0.2) is 0 Å². The van der Waals surface area contributed by atoms with Gasteiger partial charge in [0.1, 0.15) is 6.04 Å². The van der Waals surface area contributed by atoms with Crippen molar-refractivity contribution in [1.29, 1.82) is 0 Å².